The van der Waals surface area contributed by atoms with Crippen LogP contribution in [0.1, 0.15) is 0 Å². The van der Waals surface area contributed by atoms with Crippen molar-refractivity contribution in [3.63, 3.8) is 0 Å². The molecule has 0 aliphatic carbocycles. The topological polar surface area (TPSA) is 68.1 Å². The third-order valence-electron chi connectivity index (χ3n) is 1.11. The molecule has 0 bridgehead atoms. The second kappa shape index (κ2) is 3.71. The van der Waals surface area contributed by atoms with Crippen LogP contribution in [0.3, 0.4) is 0 Å². The first-order valence-corrected chi connectivity index (χ1v) is 3.68. The summed E-state index contributed by atoms with van der Waals surface area (Å²) in [7, 11) is 0. The van der Waals surface area contributed by atoms with Crippen LogP contribution < -0.4 is 5.43 Å². The van der Waals surface area contributed by atoms with Gasteiger partial charge >= 0.3 is 0 Å². The van der Waals surface area contributed by atoms with Crippen molar-refractivity contribution in [2.75, 3.05) is 5.43 Å². The van der Waals surface area contributed by atoms with Gasteiger partial charge in [-0.25, -0.2) is 19.5 Å². The number of nitrogens with zero attached hydrogens (tertiary/aromatic N) is 2. The van der Waals surface area contributed by atoms with Gasteiger partial charge in [0.1, 0.15) is 5.02 Å². The normalized spacial score (nSPS) is 9.77. The zero-order valence-corrected chi connectivity index (χ0v) is 7.43. The summed E-state index contributed by atoms with van der Waals surface area (Å²) >= 11 is 10.7. The summed E-state index contributed by atoms with van der Waals surface area (Å²) in [6.45, 7) is 0. The van der Waals surface area contributed by atoms with Gasteiger partial charge in [-0.3, -0.25) is 0 Å². The molecule has 0 aromatic carbocycles. The zero-order valence-electron chi connectivity index (χ0n) is 5.92. The molecule has 13 heavy (non-hydrogen) atoms. The molecule has 0 saturated carbocycles. The fraction of sp³-hybridized carbons (Fsp3) is 0. The Labute approximate surface area is 81.6 Å². The fourth-order valence-corrected chi connectivity index (χ4v) is 0.878. The summed E-state index contributed by atoms with van der Waals surface area (Å²) in [6, 6.07) is 0. The lowest BCUT2D eigenvalue weighted by molar-refractivity contribution is -0.445. The first-order chi connectivity index (χ1) is 6.02. The standard InChI is InChI=1S/C5H2Cl2FN3O2/c6-2-1-9-5(10-11(12)13)4(8)3(2)7/h1H,(H,9,10). The van der Waals surface area contributed by atoms with E-state index in [1.807, 2.05) is 0 Å². The van der Waals surface area contributed by atoms with Crippen LogP contribution in [-0.2, 0) is 0 Å². The molecule has 0 fully saturated rings. The number of hydrazine groups is 1. The molecule has 0 spiro atoms. The van der Waals surface area contributed by atoms with Crippen molar-refractivity contribution in [2.45, 2.75) is 0 Å². The van der Waals surface area contributed by atoms with Gasteiger partial charge in [0.25, 0.3) is 0 Å². The van der Waals surface area contributed by atoms with Gasteiger partial charge < -0.3 is 0 Å². The molecule has 1 rings (SSSR count). The lowest BCUT2D eigenvalue weighted by Crippen LogP contribution is -2.11. The molecule has 1 aromatic heterocycles. The predicted octanol–water partition coefficient (Wildman–Crippen LogP) is 2.13. The molecular weight excluding hydrogens is 224 g/mol. The van der Waals surface area contributed by atoms with Crippen molar-refractivity contribution in [3.8, 4) is 0 Å². The number of anilines is 1. The first kappa shape index (κ1) is 9.94. The molecular formula is C5H2Cl2FN3O2. The summed E-state index contributed by atoms with van der Waals surface area (Å²) in [5.74, 6) is -1.62. The Morgan fingerprint density at radius 1 is 1.62 bits per heavy atom. The lowest BCUT2D eigenvalue weighted by atomic mass is 10.4. The van der Waals surface area contributed by atoms with Crippen LogP contribution in [-0.4, -0.2) is 10.0 Å². The SMILES string of the molecule is O=[N+]([O-])Nc1ncc(Cl)c(Cl)c1F. The van der Waals surface area contributed by atoms with Crippen molar-refractivity contribution in [2.24, 2.45) is 0 Å². The van der Waals surface area contributed by atoms with E-state index in [1.165, 1.54) is 5.43 Å². The first-order valence-electron chi connectivity index (χ1n) is 2.93. The van der Waals surface area contributed by atoms with Gasteiger partial charge in [-0.15, -0.1) is 0 Å². The lowest BCUT2D eigenvalue weighted by Gasteiger charge is -2.00. The van der Waals surface area contributed by atoms with Gasteiger partial charge in [0.05, 0.1) is 5.02 Å². The van der Waals surface area contributed by atoms with Crippen molar-refractivity contribution >= 4 is 29.0 Å². The minimum atomic E-state index is -1.05. The fourth-order valence-electron chi connectivity index (χ4n) is 0.608. The summed E-state index contributed by atoms with van der Waals surface area (Å²) in [5.41, 5.74) is 1.53. The van der Waals surface area contributed by atoms with E-state index in [-0.39, 0.29) is 5.02 Å². The molecule has 1 aromatic rings. The number of pyridine rings is 1. The molecule has 1 heterocycles. The van der Waals surface area contributed by atoms with Crippen LogP contribution in [0.2, 0.25) is 10.0 Å². The third-order valence-corrected chi connectivity index (χ3v) is 1.87. The molecule has 70 valence electrons. The van der Waals surface area contributed by atoms with Crippen LogP contribution in [0.15, 0.2) is 6.20 Å². The van der Waals surface area contributed by atoms with Crippen molar-refractivity contribution < 1.29 is 9.42 Å². The van der Waals surface area contributed by atoms with E-state index in [9.17, 15) is 14.5 Å². The average Bonchev–Trinajstić information content (AvgIpc) is 2.06. The zero-order chi connectivity index (χ0) is 10.0. The number of nitrogens with one attached hydrogen (secondary N) is 1. The van der Waals surface area contributed by atoms with E-state index in [1.54, 1.807) is 0 Å². The summed E-state index contributed by atoms with van der Waals surface area (Å²) in [4.78, 5) is 13.3. The maximum Gasteiger partial charge on any atom is 0.228 e. The van der Waals surface area contributed by atoms with Crippen molar-refractivity contribution in [1.82, 2.24) is 4.98 Å². The van der Waals surface area contributed by atoms with Crippen LogP contribution in [0.25, 0.3) is 0 Å². The van der Waals surface area contributed by atoms with Gasteiger partial charge in [0.2, 0.25) is 5.82 Å². The largest absolute Gasteiger partial charge is 0.234 e. The molecule has 0 unspecified atom stereocenters. The molecule has 0 radical (unpaired) electrons. The minimum absolute atomic E-state index is 0.104. The Hall–Kier alpha value is -1.14. The summed E-state index contributed by atoms with van der Waals surface area (Å²) in [5, 5.41) is 8.47. The van der Waals surface area contributed by atoms with Crippen LogP contribution >= 0.6 is 23.2 Å². The summed E-state index contributed by atoms with van der Waals surface area (Å²) in [6.07, 6.45) is 1.01. The molecule has 5 nitrogen and oxygen atoms in total. The summed E-state index contributed by atoms with van der Waals surface area (Å²) < 4.78 is 13.0. The second-order valence-electron chi connectivity index (χ2n) is 1.95. The number of aromatic nitrogens is 1. The van der Waals surface area contributed by atoms with Crippen molar-refractivity contribution in [1.29, 1.82) is 0 Å². The van der Waals surface area contributed by atoms with Crippen LogP contribution in [0.4, 0.5) is 10.2 Å². The smallest absolute Gasteiger partial charge is 0.228 e. The maximum absolute atomic E-state index is 13.0. The Bertz CT molecular complexity index is 360. The number of hydrogen-bond acceptors (Lipinski definition) is 3. The van der Waals surface area contributed by atoms with E-state index >= 15 is 0 Å². The van der Waals surface area contributed by atoms with Crippen LogP contribution in [0, 0.1) is 15.9 Å². The number of nitro groups is 1. The Kier molecular flexibility index (Phi) is 2.84. The molecule has 8 heteroatoms. The quantitative estimate of drug-likeness (QED) is 0.619. The highest BCUT2D eigenvalue weighted by Gasteiger charge is 2.14. The van der Waals surface area contributed by atoms with E-state index < -0.39 is 21.7 Å². The second-order valence-corrected chi connectivity index (χ2v) is 2.74. The molecule has 0 aliphatic heterocycles. The molecule has 0 aliphatic rings. The predicted molar refractivity (Wildman–Crippen MR) is 44.8 cm³/mol. The van der Waals surface area contributed by atoms with E-state index in [0.29, 0.717) is 0 Å². The average molecular weight is 226 g/mol. The highest BCUT2D eigenvalue weighted by molar-refractivity contribution is 6.42. The Balaban J connectivity index is 3.10. The molecule has 0 saturated heterocycles. The van der Waals surface area contributed by atoms with Crippen molar-refractivity contribution in [3.05, 3.63) is 32.2 Å². The Morgan fingerprint density at radius 2 is 2.23 bits per heavy atom. The maximum atomic E-state index is 13.0. The van der Waals surface area contributed by atoms with Gasteiger partial charge in [-0.2, -0.15) is 0 Å². The molecule has 0 amide bonds. The highest BCUT2D eigenvalue weighted by Crippen LogP contribution is 2.27. The van der Waals surface area contributed by atoms with E-state index in [0.717, 1.165) is 6.20 Å². The van der Waals surface area contributed by atoms with E-state index in [2.05, 4.69) is 4.98 Å². The number of halogens is 3. The highest BCUT2D eigenvalue weighted by atomic mass is 35.5. The monoisotopic (exact) mass is 225 g/mol. The van der Waals surface area contributed by atoms with Gasteiger partial charge in [0.15, 0.2) is 10.8 Å². The van der Waals surface area contributed by atoms with Gasteiger partial charge in [0, 0.05) is 6.20 Å². The van der Waals surface area contributed by atoms with Crippen LogP contribution in [0.5, 0.6) is 0 Å². The number of rotatable bonds is 2. The molecule has 1 N–H and O–H groups in total. The minimum Gasteiger partial charge on any atom is -0.234 e. The third kappa shape index (κ3) is 2.16. The Morgan fingerprint density at radius 3 is 2.77 bits per heavy atom. The molecule has 0 atom stereocenters. The van der Waals surface area contributed by atoms with Gasteiger partial charge in [-0.05, 0) is 0 Å². The van der Waals surface area contributed by atoms with Gasteiger partial charge in [-0.1, -0.05) is 28.6 Å². The van der Waals surface area contributed by atoms with E-state index in [4.69, 9.17) is 23.2 Å². The number of hydrogen-bond donors (Lipinski definition) is 1.